The standard InChI is InChI=1S/C22H25N7O7S3/c1-9-4-5-12(28(2)26-18(32)16(9)30)37-6-10-7-38-20-14(19(33)29(20)15(10)21(34)35)25-17(31)13(27-36-3)11-8-39-22(23)24-11/h5,8-9,14,20H,4,6-7H2,1-3H3,(H2,23,24)(H,25,31)(H,26,32)(H,34,35). The number of ketones is 1. The highest BCUT2D eigenvalue weighted by molar-refractivity contribution is 8.03. The number of Topliss-reactive ketones (excluding diaryl/α,β-unsaturated/α-hetero) is 1. The fraction of sp³-hybridized carbons (Fsp3) is 0.409. The number of hydrazine groups is 1. The van der Waals surface area contributed by atoms with Crippen LogP contribution in [-0.2, 0) is 28.8 Å². The average molecular weight is 596 g/mol. The van der Waals surface area contributed by atoms with Crippen LogP contribution in [0, 0.1) is 5.92 Å². The molecule has 17 heteroatoms. The maximum absolute atomic E-state index is 13.0. The van der Waals surface area contributed by atoms with E-state index in [0.29, 0.717) is 22.8 Å². The van der Waals surface area contributed by atoms with Gasteiger partial charge in [0.05, 0.1) is 5.03 Å². The van der Waals surface area contributed by atoms with Crippen LogP contribution in [0.25, 0.3) is 0 Å². The smallest absolute Gasteiger partial charge is 0.352 e. The Morgan fingerprint density at radius 2 is 2.13 bits per heavy atom. The van der Waals surface area contributed by atoms with E-state index in [9.17, 15) is 29.1 Å². The SMILES string of the molecule is CON=C(C(=O)NC1C(=O)N2C(C(=O)O)=C(CSC3=CCC(C)C(=O)C(=O)NN3C)CSC12)c1csc(N)n1. The summed E-state index contributed by atoms with van der Waals surface area (Å²) in [5, 5.41) is 19.5. The normalized spacial score (nSPS) is 23.8. The summed E-state index contributed by atoms with van der Waals surface area (Å²) >= 11 is 3.71. The first-order chi connectivity index (χ1) is 18.5. The summed E-state index contributed by atoms with van der Waals surface area (Å²) < 4.78 is 0. The Morgan fingerprint density at radius 3 is 2.77 bits per heavy atom. The molecule has 3 amide bonds. The Hall–Kier alpha value is -3.57. The third kappa shape index (κ3) is 5.74. The predicted octanol–water partition coefficient (Wildman–Crippen LogP) is -0.0391. The highest BCUT2D eigenvalue weighted by Gasteiger charge is 2.54. The van der Waals surface area contributed by atoms with Crippen molar-refractivity contribution in [2.75, 3.05) is 31.4 Å². The molecule has 1 fully saturated rings. The van der Waals surface area contributed by atoms with Gasteiger partial charge in [-0.2, -0.15) is 0 Å². The molecule has 1 aromatic heterocycles. The summed E-state index contributed by atoms with van der Waals surface area (Å²) in [6.45, 7) is 1.66. The molecule has 0 aromatic carbocycles. The predicted molar refractivity (Wildman–Crippen MR) is 145 cm³/mol. The number of carbonyl (C=O) groups is 5. The minimum Gasteiger partial charge on any atom is -0.477 e. The molecule has 208 valence electrons. The Morgan fingerprint density at radius 1 is 1.38 bits per heavy atom. The molecule has 0 radical (unpaired) electrons. The van der Waals surface area contributed by atoms with Crippen LogP contribution in [0.1, 0.15) is 19.0 Å². The van der Waals surface area contributed by atoms with Crippen molar-refractivity contribution in [3.8, 4) is 0 Å². The number of oxime groups is 1. The van der Waals surface area contributed by atoms with Crippen LogP contribution in [0.5, 0.6) is 0 Å². The highest BCUT2D eigenvalue weighted by atomic mass is 32.2. The molecule has 14 nitrogen and oxygen atoms in total. The molecule has 3 unspecified atom stereocenters. The van der Waals surface area contributed by atoms with Gasteiger partial charge in [0, 0.05) is 29.9 Å². The first kappa shape index (κ1) is 28.4. The summed E-state index contributed by atoms with van der Waals surface area (Å²) in [4.78, 5) is 72.1. The van der Waals surface area contributed by atoms with Gasteiger partial charge in [-0.1, -0.05) is 18.2 Å². The number of carboxylic acid groups (broad SMARTS) is 1. The number of carbonyl (C=O) groups excluding carboxylic acids is 4. The second-order valence-corrected chi connectivity index (χ2v) is 11.6. The van der Waals surface area contributed by atoms with Gasteiger partial charge in [-0.05, 0) is 12.0 Å². The maximum atomic E-state index is 13.0. The lowest BCUT2D eigenvalue weighted by atomic mass is 10.0. The number of nitrogens with zero attached hydrogens (tertiary/aromatic N) is 4. The van der Waals surface area contributed by atoms with Crippen molar-refractivity contribution in [3.05, 3.63) is 33.4 Å². The number of nitrogens with one attached hydrogen (secondary N) is 2. The first-order valence-electron chi connectivity index (χ1n) is 11.5. The summed E-state index contributed by atoms with van der Waals surface area (Å²) in [7, 11) is 2.85. The monoisotopic (exact) mass is 595 g/mol. The number of hydrogen-bond acceptors (Lipinski definition) is 13. The van der Waals surface area contributed by atoms with Crippen molar-refractivity contribution in [1.82, 2.24) is 25.6 Å². The molecule has 1 aromatic rings. The van der Waals surface area contributed by atoms with Crippen molar-refractivity contribution in [2.45, 2.75) is 24.8 Å². The zero-order valence-corrected chi connectivity index (χ0v) is 23.4. The van der Waals surface area contributed by atoms with Crippen LogP contribution in [0.4, 0.5) is 5.13 Å². The number of amides is 3. The van der Waals surface area contributed by atoms with Gasteiger partial charge in [0.25, 0.3) is 11.8 Å². The van der Waals surface area contributed by atoms with E-state index < -0.39 is 46.8 Å². The molecule has 39 heavy (non-hydrogen) atoms. The molecule has 4 rings (SSSR count). The number of aliphatic carboxylic acids is 1. The van der Waals surface area contributed by atoms with Gasteiger partial charge in [0.2, 0.25) is 5.78 Å². The molecular formula is C22H25N7O7S3. The Labute approximate surface area is 235 Å². The first-order valence-corrected chi connectivity index (χ1v) is 14.4. The minimum absolute atomic E-state index is 0.138. The second kappa shape index (κ2) is 11.7. The summed E-state index contributed by atoms with van der Waals surface area (Å²) in [5.74, 6) is -3.73. The largest absolute Gasteiger partial charge is 0.477 e. The topological polar surface area (TPSA) is 197 Å². The van der Waals surface area contributed by atoms with Crippen LogP contribution >= 0.6 is 34.9 Å². The Kier molecular flexibility index (Phi) is 8.51. The van der Waals surface area contributed by atoms with Crippen molar-refractivity contribution < 1.29 is 33.9 Å². The Bertz CT molecular complexity index is 1320. The molecule has 4 heterocycles. The number of thiazole rings is 1. The van der Waals surface area contributed by atoms with E-state index in [-0.39, 0.29) is 28.0 Å². The number of carboxylic acids is 1. The van der Waals surface area contributed by atoms with E-state index in [2.05, 4.69) is 20.9 Å². The van der Waals surface area contributed by atoms with E-state index in [1.807, 2.05) is 6.08 Å². The van der Waals surface area contributed by atoms with Crippen LogP contribution < -0.4 is 16.5 Å². The molecule has 0 aliphatic carbocycles. The number of allylic oxidation sites excluding steroid dienone is 1. The van der Waals surface area contributed by atoms with Crippen molar-refractivity contribution in [1.29, 1.82) is 0 Å². The zero-order chi connectivity index (χ0) is 28.4. The van der Waals surface area contributed by atoms with Crippen molar-refractivity contribution >= 4 is 75.2 Å². The number of rotatable bonds is 8. The second-order valence-electron chi connectivity index (χ2n) is 8.64. The highest BCUT2D eigenvalue weighted by Crippen LogP contribution is 2.41. The molecule has 3 atom stereocenters. The summed E-state index contributed by atoms with van der Waals surface area (Å²) in [6.07, 6.45) is 2.16. The van der Waals surface area contributed by atoms with Gasteiger partial charge in [-0.3, -0.25) is 34.5 Å². The van der Waals surface area contributed by atoms with Gasteiger partial charge in [-0.25, -0.2) is 9.78 Å². The lowest BCUT2D eigenvalue weighted by Crippen LogP contribution is -2.71. The number of hydrogen-bond donors (Lipinski definition) is 4. The quantitative estimate of drug-likeness (QED) is 0.136. The average Bonchev–Trinajstić information content (AvgIpc) is 3.33. The van der Waals surface area contributed by atoms with E-state index in [0.717, 1.165) is 11.3 Å². The van der Waals surface area contributed by atoms with Gasteiger partial charge >= 0.3 is 11.9 Å². The maximum Gasteiger partial charge on any atom is 0.352 e. The number of aromatic nitrogens is 1. The number of anilines is 1. The van der Waals surface area contributed by atoms with E-state index >= 15 is 0 Å². The summed E-state index contributed by atoms with van der Waals surface area (Å²) in [6, 6.07) is -0.974. The molecule has 3 aliphatic rings. The van der Waals surface area contributed by atoms with Crippen molar-refractivity contribution in [2.24, 2.45) is 11.1 Å². The zero-order valence-electron chi connectivity index (χ0n) is 21.0. The van der Waals surface area contributed by atoms with E-state index in [1.165, 1.54) is 45.9 Å². The van der Waals surface area contributed by atoms with E-state index in [1.54, 1.807) is 14.0 Å². The molecule has 3 aliphatic heterocycles. The van der Waals surface area contributed by atoms with Crippen LogP contribution in [0.3, 0.4) is 0 Å². The minimum atomic E-state index is -1.26. The molecule has 1 saturated heterocycles. The fourth-order valence-corrected chi connectivity index (χ4v) is 7.06. The van der Waals surface area contributed by atoms with Gasteiger partial charge in [-0.15, -0.1) is 34.9 Å². The lowest BCUT2D eigenvalue weighted by Gasteiger charge is -2.49. The number of nitrogen functional groups attached to an aromatic ring is 1. The molecule has 5 N–H and O–H groups in total. The van der Waals surface area contributed by atoms with E-state index in [4.69, 9.17) is 10.6 Å². The van der Waals surface area contributed by atoms with Gasteiger partial charge in [0.1, 0.15) is 29.9 Å². The van der Waals surface area contributed by atoms with Crippen LogP contribution in [0.2, 0.25) is 0 Å². The lowest BCUT2D eigenvalue weighted by molar-refractivity contribution is -0.150. The number of thioether (sulfide) groups is 2. The van der Waals surface area contributed by atoms with Gasteiger partial charge in [0.15, 0.2) is 10.8 Å². The fourth-order valence-electron chi connectivity index (χ4n) is 4.02. The van der Waals surface area contributed by atoms with Crippen molar-refractivity contribution in [3.63, 3.8) is 0 Å². The Balaban J connectivity index is 1.48. The number of nitrogens with two attached hydrogens (primary N) is 1. The molecule has 0 saturated carbocycles. The van der Waals surface area contributed by atoms with Crippen LogP contribution in [0.15, 0.2) is 32.9 Å². The third-order valence-electron chi connectivity index (χ3n) is 6.01. The third-order valence-corrected chi connectivity index (χ3v) is 9.25. The summed E-state index contributed by atoms with van der Waals surface area (Å²) in [5.41, 5.74) is 8.55. The van der Waals surface area contributed by atoms with Gasteiger partial charge < -0.3 is 21.0 Å². The number of fused-ring (bicyclic) bond motifs is 1. The number of β-lactam (4-membered cyclic amide) rings is 1. The molecular weight excluding hydrogens is 570 g/mol. The van der Waals surface area contributed by atoms with Crippen LogP contribution in [-0.4, -0.2) is 92.3 Å². The molecule has 0 spiro atoms. The molecule has 0 bridgehead atoms.